The zero-order chi connectivity index (χ0) is 18.3. The van der Waals surface area contributed by atoms with Crippen LogP contribution < -0.4 is 9.64 Å². The number of H-pyrrole nitrogens is 1. The molecule has 0 atom stereocenters. The van der Waals surface area contributed by atoms with Crippen molar-refractivity contribution in [1.29, 1.82) is 0 Å². The number of rotatable bonds is 5. The summed E-state index contributed by atoms with van der Waals surface area (Å²) >= 11 is 0. The first-order chi connectivity index (χ1) is 12.5. The summed E-state index contributed by atoms with van der Waals surface area (Å²) in [4.78, 5) is 11.6. The molecule has 3 aromatic rings. The molecule has 0 aromatic carbocycles. The Morgan fingerprint density at radius 1 is 1.23 bits per heavy atom. The molecule has 0 saturated carbocycles. The minimum absolute atomic E-state index is 0.0675. The summed E-state index contributed by atoms with van der Waals surface area (Å²) in [7, 11) is 1.75. The van der Waals surface area contributed by atoms with Gasteiger partial charge in [-0.25, -0.2) is 4.98 Å². The van der Waals surface area contributed by atoms with Crippen LogP contribution in [0.2, 0.25) is 0 Å². The van der Waals surface area contributed by atoms with Gasteiger partial charge in [0.15, 0.2) is 0 Å². The lowest BCUT2D eigenvalue weighted by Gasteiger charge is -2.47. The molecule has 1 N–H and O–H groups in total. The van der Waals surface area contributed by atoms with Gasteiger partial charge in [-0.15, -0.1) is 0 Å². The van der Waals surface area contributed by atoms with Crippen molar-refractivity contribution in [2.24, 2.45) is 0 Å². The summed E-state index contributed by atoms with van der Waals surface area (Å²) in [6.45, 7) is 7.74. The van der Waals surface area contributed by atoms with Crippen LogP contribution in [0.1, 0.15) is 20.8 Å². The number of aromatic amines is 1. The summed E-state index contributed by atoms with van der Waals surface area (Å²) in [5.74, 6) is 1.69. The van der Waals surface area contributed by atoms with Crippen LogP contribution >= 0.6 is 0 Å². The van der Waals surface area contributed by atoms with Gasteiger partial charge in [0, 0.05) is 44.0 Å². The van der Waals surface area contributed by atoms with Crippen LogP contribution in [0.5, 0.6) is 5.75 Å². The Morgan fingerprint density at radius 3 is 2.69 bits per heavy atom. The van der Waals surface area contributed by atoms with Crippen LogP contribution in [0.3, 0.4) is 0 Å². The van der Waals surface area contributed by atoms with E-state index in [1.165, 1.54) is 0 Å². The zero-order valence-corrected chi connectivity index (χ0v) is 15.5. The number of methoxy groups -OCH3 is 1. The number of hydrogen-bond donors (Lipinski definition) is 1. The summed E-state index contributed by atoms with van der Waals surface area (Å²) in [5, 5.41) is 7.96. The molecule has 1 aliphatic rings. The molecule has 1 fully saturated rings. The second-order valence-electron chi connectivity index (χ2n) is 7.18. The van der Waals surface area contributed by atoms with E-state index in [2.05, 4.69) is 27.0 Å². The summed E-state index contributed by atoms with van der Waals surface area (Å²) in [6.07, 6.45) is 3.56. The molecule has 0 spiro atoms. The Bertz CT molecular complexity index is 917. The Morgan fingerprint density at radius 2 is 2.04 bits per heavy atom. The zero-order valence-electron chi connectivity index (χ0n) is 15.5. The van der Waals surface area contributed by atoms with Gasteiger partial charge in [0.2, 0.25) is 0 Å². The molecule has 0 aliphatic carbocycles. The van der Waals surface area contributed by atoms with Crippen molar-refractivity contribution in [3.8, 4) is 17.1 Å². The molecule has 0 radical (unpaired) electrons. The lowest BCUT2D eigenvalue weighted by atomic mass is 9.96. The van der Waals surface area contributed by atoms with Crippen LogP contribution in [0.4, 0.5) is 5.82 Å². The second kappa shape index (κ2) is 6.25. The van der Waals surface area contributed by atoms with E-state index in [9.17, 15) is 0 Å². The Hall–Kier alpha value is -2.67. The molecule has 0 amide bonds. The predicted octanol–water partition coefficient (Wildman–Crippen LogP) is 3.03. The van der Waals surface area contributed by atoms with Gasteiger partial charge in [-0.05, 0) is 32.9 Å². The number of pyridine rings is 2. The first kappa shape index (κ1) is 16.8. The minimum Gasteiger partial charge on any atom is -0.490 e. The first-order valence-corrected chi connectivity index (χ1v) is 8.75. The molecule has 4 rings (SSSR count). The number of fused-ring (bicyclic) bond motifs is 1. The molecule has 1 aliphatic heterocycles. The van der Waals surface area contributed by atoms with E-state index in [-0.39, 0.29) is 11.7 Å². The topological polar surface area (TPSA) is 76.2 Å². The van der Waals surface area contributed by atoms with Crippen molar-refractivity contribution in [2.45, 2.75) is 32.5 Å². The molecule has 26 heavy (non-hydrogen) atoms. The van der Waals surface area contributed by atoms with Gasteiger partial charge in [-0.3, -0.25) is 10.1 Å². The van der Waals surface area contributed by atoms with Gasteiger partial charge in [-0.2, -0.15) is 5.10 Å². The maximum Gasteiger partial charge on any atom is 0.133 e. The van der Waals surface area contributed by atoms with Crippen molar-refractivity contribution < 1.29 is 9.47 Å². The predicted molar refractivity (Wildman–Crippen MR) is 101 cm³/mol. The lowest BCUT2D eigenvalue weighted by Crippen LogP contribution is -2.61. The number of nitrogens with one attached hydrogen (secondary N) is 1. The summed E-state index contributed by atoms with van der Waals surface area (Å²) in [5.41, 5.74) is 2.28. The molecular formula is C19H23N5O2. The standard InChI is InChI=1S/C19H23N5O2/c1-12(2)26-15-9-16(24-10-19(3,11-24)25-4)22-17-13(15)5-7-20-18(17)14-6-8-21-23-14/h5-9,12H,10-11H2,1-4H3,(H,21,23). The number of ether oxygens (including phenoxy) is 2. The Balaban J connectivity index is 1.84. The molecule has 3 aromatic heterocycles. The molecule has 0 unspecified atom stereocenters. The average molecular weight is 353 g/mol. The van der Waals surface area contributed by atoms with Crippen molar-refractivity contribution >= 4 is 16.7 Å². The van der Waals surface area contributed by atoms with Crippen molar-refractivity contribution in [3.05, 3.63) is 30.6 Å². The van der Waals surface area contributed by atoms with Gasteiger partial charge in [0.05, 0.1) is 17.4 Å². The highest BCUT2D eigenvalue weighted by molar-refractivity contribution is 5.95. The highest BCUT2D eigenvalue weighted by atomic mass is 16.5. The maximum absolute atomic E-state index is 6.09. The summed E-state index contributed by atoms with van der Waals surface area (Å²) < 4.78 is 11.6. The van der Waals surface area contributed by atoms with Crippen molar-refractivity contribution in [3.63, 3.8) is 0 Å². The Kier molecular flexibility index (Phi) is 4.03. The van der Waals surface area contributed by atoms with Crippen LogP contribution in [0, 0.1) is 0 Å². The number of anilines is 1. The molecule has 136 valence electrons. The van der Waals surface area contributed by atoms with Crippen molar-refractivity contribution in [1.82, 2.24) is 20.2 Å². The number of aromatic nitrogens is 4. The monoisotopic (exact) mass is 353 g/mol. The normalized spacial score (nSPS) is 16.1. The van der Waals surface area contributed by atoms with E-state index in [1.807, 2.05) is 32.0 Å². The van der Waals surface area contributed by atoms with Crippen molar-refractivity contribution in [2.75, 3.05) is 25.1 Å². The van der Waals surface area contributed by atoms with E-state index < -0.39 is 0 Å². The van der Waals surface area contributed by atoms with Gasteiger partial charge in [0.25, 0.3) is 0 Å². The molecule has 0 bridgehead atoms. The molecule has 7 nitrogen and oxygen atoms in total. The SMILES string of the molecule is COC1(C)CN(c2cc(OC(C)C)c3ccnc(-c4ccn[nH]4)c3n2)C1. The van der Waals surface area contributed by atoms with Crippen LogP contribution in [0.25, 0.3) is 22.3 Å². The highest BCUT2D eigenvalue weighted by Crippen LogP contribution is 2.36. The minimum atomic E-state index is -0.128. The smallest absolute Gasteiger partial charge is 0.133 e. The highest BCUT2D eigenvalue weighted by Gasteiger charge is 2.40. The van der Waals surface area contributed by atoms with Gasteiger partial charge in [-0.1, -0.05) is 0 Å². The van der Waals surface area contributed by atoms with Crippen LogP contribution in [-0.2, 0) is 4.74 Å². The van der Waals surface area contributed by atoms with Gasteiger partial charge >= 0.3 is 0 Å². The van der Waals surface area contributed by atoms with E-state index in [0.717, 1.165) is 46.9 Å². The van der Waals surface area contributed by atoms with E-state index >= 15 is 0 Å². The maximum atomic E-state index is 6.09. The van der Waals surface area contributed by atoms with Crippen LogP contribution in [0.15, 0.2) is 30.6 Å². The average Bonchev–Trinajstić information content (AvgIpc) is 3.12. The third-order valence-corrected chi connectivity index (χ3v) is 4.66. The third-order valence-electron chi connectivity index (χ3n) is 4.66. The fourth-order valence-electron chi connectivity index (χ4n) is 3.26. The largest absolute Gasteiger partial charge is 0.490 e. The third kappa shape index (κ3) is 2.88. The fourth-order valence-corrected chi connectivity index (χ4v) is 3.26. The van der Waals surface area contributed by atoms with Gasteiger partial charge in [0.1, 0.15) is 22.8 Å². The van der Waals surface area contributed by atoms with Gasteiger partial charge < -0.3 is 14.4 Å². The molecular weight excluding hydrogens is 330 g/mol. The molecule has 1 saturated heterocycles. The van der Waals surface area contributed by atoms with E-state index in [0.29, 0.717) is 0 Å². The Labute approximate surface area is 152 Å². The second-order valence-corrected chi connectivity index (χ2v) is 7.18. The molecule has 4 heterocycles. The number of nitrogens with zero attached hydrogens (tertiary/aromatic N) is 4. The molecule has 7 heteroatoms. The summed E-state index contributed by atoms with van der Waals surface area (Å²) in [6, 6.07) is 5.85. The van der Waals surface area contributed by atoms with Crippen LogP contribution in [-0.4, -0.2) is 52.1 Å². The van der Waals surface area contributed by atoms with E-state index in [4.69, 9.17) is 14.5 Å². The lowest BCUT2D eigenvalue weighted by molar-refractivity contribution is -0.0171. The fraction of sp³-hybridized carbons (Fsp3) is 0.421. The first-order valence-electron chi connectivity index (χ1n) is 8.75. The van der Waals surface area contributed by atoms with E-state index in [1.54, 1.807) is 19.5 Å². The quantitative estimate of drug-likeness (QED) is 0.760. The number of hydrogen-bond acceptors (Lipinski definition) is 6.